The van der Waals surface area contributed by atoms with Gasteiger partial charge in [-0.1, -0.05) is 23.7 Å². The minimum atomic E-state index is -0.129. The molecule has 120 valence electrons. The van der Waals surface area contributed by atoms with Gasteiger partial charge in [0.25, 0.3) is 5.91 Å². The molecule has 0 radical (unpaired) electrons. The molecule has 1 heterocycles. The Kier molecular flexibility index (Phi) is 4.76. The van der Waals surface area contributed by atoms with Crippen molar-refractivity contribution in [2.24, 2.45) is 0 Å². The fourth-order valence-corrected chi connectivity index (χ4v) is 2.50. The molecular weight excluding hydrogens is 312 g/mol. The zero-order valence-corrected chi connectivity index (χ0v) is 13.7. The lowest BCUT2D eigenvalue weighted by atomic mass is 10.1. The van der Waals surface area contributed by atoms with Crippen LogP contribution in [0.25, 0.3) is 0 Å². The predicted octanol–water partition coefficient (Wildman–Crippen LogP) is 2.99. The number of hydrogen-bond donors (Lipinski definition) is 2. The Morgan fingerprint density at radius 2 is 2.13 bits per heavy atom. The van der Waals surface area contributed by atoms with Crippen LogP contribution in [-0.2, 0) is 6.42 Å². The summed E-state index contributed by atoms with van der Waals surface area (Å²) in [5.41, 5.74) is 1.57. The SMILES string of the molecule is Cc1nc(NCCc2cccc(Cl)c2)cc(C(=O)NC2CC2)n1. The van der Waals surface area contributed by atoms with E-state index < -0.39 is 0 Å². The van der Waals surface area contributed by atoms with Crippen molar-refractivity contribution in [1.29, 1.82) is 0 Å². The van der Waals surface area contributed by atoms with Crippen LogP contribution in [0.2, 0.25) is 5.02 Å². The van der Waals surface area contributed by atoms with E-state index in [0.29, 0.717) is 29.9 Å². The highest BCUT2D eigenvalue weighted by Crippen LogP contribution is 2.19. The number of nitrogens with zero attached hydrogens (tertiary/aromatic N) is 2. The van der Waals surface area contributed by atoms with Gasteiger partial charge in [0, 0.05) is 23.7 Å². The Morgan fingerprint density at radius 3 is 2.87 bits per heavy atom. The molecule has 2 N–H and O–H groups in total. The first-order valence-electron chi connectivity index (χ1n) is 7.75. The van der Waals surface area contributed by atoms with Crippen molar-refractivity contribution in [3.8, 4) is 0 Å². The van der Waals surface area contributed by atoms with Crippen LogP contribution in [0.4, 0.5) is 5.82 Å². The summed E-state index contributed by atoms with van der Waals surface area (Å²) < 4.78 is 0. The number of hydrogen-bond acceptors (Lipinski definition) is 4. The van der Waals surface area contributed by atoms with Crippen molar-refractivity contribution in [2.45, 2.75) is 32.2 Å². The Labute approximate surface area is 140 Å². The molecule has 2 aromatic rings. The molecule has 0 unspecified atom stereocenters. The van der Waals surface area contributed by atoms with Crippen LogP contribution in [0.15, 0.2) is 30.3 Å². The molecule has 0 saturated heterocycles. The number of aryl methyl sites for hydroxylation is 1. The first-order chi connectivity index (χ1) is 11.1. The molecule has 0 aliphatic heterocycles. The first kappa shape index (κ1) is 15.7. The van der Waals surface area contributed by atoms with E-state index in [-0.39, 0.29) is 5.91 Å². The van der Waals surface area contributed by atoms with Crippen molar-refractivity contribution >= 4 is 23.3 Å². The lowest BCUT2D eigenvalue weighted by molar-refractivity contribution is 0.0945. The zero-order chi connectivity index (χ0) is 16.2. The molecule has 1 amide bonds. The van der Waals surface area contributed by atoms with Gasteiger partial charge in [0.1, 0.15) is 17.3 Å². The van der Waals surface area contributed by atoms with E-state index in [1.54, 1.807) is 13.0 Å². The molecule has 1 aliphatic rings. The van der Waals surface area contributed by atoms with Crippen LogP contribution >= 0.6 is 11.6 Å². The second kappa shape index (κ2) is 6.96. The lowest BCUT2D eigenvalue weighted by Crippen LogP contribution is -2.26. The quantitative estimate of drug-likeness (QED) is 0.854. The van der Waals surface area contributed by atoms with Crippen molar-refractivity contribution in [3.05, 3.63) is 52.4 Å². The number of anilines is 1. The Balaban J connectivity index is 1.60. The molecule has 1 fully saturated rings. The molecular formula is C17H19ClN4O. The van der Waals surface area contributed by atoms with Crippen LogP contribution in [0, 0.1) is 6.92 Å². The van der Waals surface area contributed by atoms with Gasteiger partial charge >= 0.3 is 0 Å². The summed E-state index contributed by atoms with van der Waals surface area (Å²) in [6.45, 7) is 2.50. The molecule has 23 heavy (non-hydrogen) atoms. The van der Waals surface area contributed by atoms with Crippen molar-refractivity contribution < 1.29 is 4.79 Å². The van der Waals surface area contributed by atoms with Gasteiger partial charge in [0.05, 0.1) is 0 Å². The van der Waals surface area contributed by atoms with Gasteiger partial charge in [0.2, 0.25) is 0 Å². The number of halogens is 1. The zero-order valence-electron chi connectivity index (χ0n) is 13.0. The Bertz CT molecular complexity index is 715. The molecule has 1 aliphatic carbocycles. The second-order valence-corrected chi connectivity index (χ2v) is 6.18. The van der Waals surface area contributed by atoms with Crippen LogP contribution in [0.3, 0.4) is 0 Å². The third kappa shape index (κ3) is 4.66. The molecule has 1 aromatic heterocycles. The summed E-state index contributed by atoms with van der Waals surface area (Å²) in [6.07, 6.45) is 2.94. The average molecular weight is 331 g/mol. The summed E-state index contributed by atoms with van der Waals surface area (Å²) in [5.74, 6) is 1.12. The van der Waals surface area contributed by atoms with E-state index in [9.17, 15) is 4.79 Å². The molecule has 0 spiro atoms. The third-order valence-corrected chi connectivity index (χ3v) is 3.83. The van der Waals surface area contributed by atoms with E-state index in [4.69, 9.17) is 11.6 Å². The standard InChI is InChI=1S/C17H19ClN4O/c1-11-20-15(17(23)22-14-5-6-14)10-16(21-11)19-8-7-12-3-2-4-13(18)9-12/h2-4,9-10,14H,5-8H2,1H3,(H,22,23)(H,19,20,21). The fraction of sp³-hybridized carbons (Fsp3) is 0.353. The molecule has 5 nitrogen and oxygen atoms in total. The maximum atomic E-state index is 12.1. The number of amides is 1. The van der Waals surface area contributed by atoms with Gasteiger partial charge in [-0.25, -0.2) is 9.97 Å². The van der Waals surface area contributed by atoms with Gasteiger partial charge in [-0.15, -0.1) is 0 Å². The van der Waals surface area contributed by atoms with E-state index in [2.05, 4.69) is 20.6 Å². The second-order valence-electron chi connectivity index (χ2n) is 5.74. The normalized spacial score (nSPS) is 13.7. The molecule has 0 bridgehead atoms. The van der Waals surface area contributed by atoms with Gasteiger partial charge < -0.3 is 10.6 Å². The van der Waals surface area contributed by atoms with Gasteiger partial charge in [-0.2, -0.15) is 0 Å². The molecule has 6 heteroatoms. The van der Waals surface area contributed by atoms with Crippen molar-refractivity contribution in [3.63, 3.8) is 0 Å². The topological polar surface area (TPSA) is 66.9 Å². The summed E-state index contributed by atoms with van der Waals surface area (Å²) in [4.78, 5) is 20.6. The van der Waals surface area contributed by atoms with Crippen molar-refractivity contribution in [2.75, 3.05) is 11.9 Å². The first-order valence-corrected chi connectivity index (χ1v) is 8.13. The molecule has 0 atom stereocenters. The number of carbonyl (C=O) groups is 1. The third-order valence-electron chi connectivity index (χ3n) is 3.59. The summed E-state index contributed by atoms with van der Waals surface area (Å²) in [7, 11) is 0. The monoisotopic (exact) mass is 330 g/mol. The van der Waals surface area contributed by atoms with Gasteiger partial charge in [-0.3, -0.25) is 4.79 Å². The molecule has 1 aromatic carbocycles. The van der Waals surface area contributed by atoms with Crippen molar-refractivity contribution in [1.82, 2.24) is 15.3 Å². The van der Waals surface area contributed by atoms with Crippen LogP contribution in [0.5, 0.6) is 0 Å². The van der Waals surface area contributed by atoms with Crippen LogP contribution in [0.1, 0.15) is 34.7 Å². The summed E-state index contributed by atoms with van der Waals surface area (Å²) >= 11 is 5.98. The number of nitrogens with one attached hydrogen (secondary N) is 2. The fourth-order valence-electron chi connectivity index (χ4n) is 2.29. The summed E-state index contributed by atoms with van der Waals surface area (Å²) in [6, 6.07) is 9.79. The van der Waals surface area contributed by atoms with E-state index in [0.717, 1.165) is 29.8 Å². The maximum Gasteiger partial charge on any atom is 0.270 e. The number of aromatic nitrogens is 2. The number of carbonyl (C=O) groups excluding carboxylic acids is 1. The van der Waals surface area contributed by atoms with Gasteiger partial charge in [0.15, 0.2) is 0 Å². The Hall–Kier alpha value is -2.14. The number of benzene rings is 1. The van der Waals surface area contributed by atoms with E-state index in [1.165, 1.54) is 0 Å². The Morgan fingerprint density at radius 1 is 1.30 bits per heavy atom. The summed E-state index contributed by atoms with van der Waals surface area (Å²) in [5, 5.41) is 6.92. The minimum Gasteiger partial charge on any atom is -0.370 e. The molecule has 1 saturated carbocycles. The highest BCUT2D eigenvalue weighted by Gasteiger charge is 2.24. The smallest absolute Gasteiger partial charge is 0.270 e. The van der Waals surface area contributed by atoms with E-state index >= 15 is 0 Å². The molecule has 3 rings (SSSR count). The number of rotatable bonds is 6. The van der Waals surface area contributed by atoms with Crippen LogP contribution < -0.4 is 10.6 Å². The van der Waals surface area contributed by atoms with Gasteiger partial charge in [-0.05, 0) is 43.9 Å². The average Bonchev–Trinajstić information content (AvgIpc) is 3.31. The van der Waals surface area contributed by atoms with E-state index in [1.807, 2.05) is 24.3 Å². The predicted molar refractivity (Wildman–Crippen MR) is 90.9 cm³/mol. The highest BCUT2D eigenvalue weighted by molar-refractivity contribution is 6.30. The minimum absolute atomic E-state index is 0.129. The lowest BCUT2D eigenvalue weighted by Gasteiger charge is -2.09. The van der Waals surface area contributed by atoms with Crippen LogP contribution in [-0.4, -0.2) is 28.5 Å². The maximum absolute atomic E-state index is 12.1. The largest absolute Gasteiger partial charge is 0.370 e. The highest BCUT2D eigenvalue weighted by atomic mass is 35.5.